The third-order valence-electron chi connectivity index (χ3n) is 5.17. The number of fused-ring (bicyclic) bond motifs is 1. The normalized spacial score (nSPS) is 23.5. The minimum Gasteiger partial charge on any atom is -0.347 e. The largest absolute Gasteiger partial charge is 0.347 e. The zero-order valence-corrected chi connectivity index (χ0v) is 15.1. The molecule has 2 aliphatic rings. The first-order valence-electron chi connectivity index (χ1n) is 8.92. The summed E-state index contributed by atoms with van der Waals surface area (Å²) in [4.78, 5) is 38.3. The van der Waals surface area contributed by atoms with Gasteiger partial charge in [0.15, 0.2) is 0 Å². The van der Waals surface area contributed by atoms with Crippen LogP contribution in [0.3, 0.4) is 0 Å². The van der Waals surface area contributed by atoms with E-state index in [9.17, 15) is 14.4 Å². The fraction of sp³-hybridized carbons (Fsp3) is 0.350. The van der Waals surface area contributed by atoms with Crippen molar-refractivity contribution in [2.24, 2.45) is 0 Å². The third-order valence-corrected chi connectivity index (χ3v) is 6.01. The molecule has 3 amide bonds. The van der Waals surface area contributed by atoms with Gasteiger partial charge in [-0.05, 0) is 35.7 Å². The Morgan fingerprint density at radius 1 is 1.04 bits per heavy atom. The van der Waals surface area contributed by atoms with Crippen molar-refractivity contribution in [3.05, 3.63) is 48.0 Å². The van der Waals surface area contributed by atoms with Gasteiger partial charge in [0.1, 0.15) is 0 Å². The van der Waals surface area contributed by atoms with E-state index in [1.54, 1.807) is 0 Å². The Kier molecular flexibility index (Phi) is 4.68. The molecule has 26 heavy (non-hydrogen) atoms. The highest BCUT2D eigenvalue weighted by Crippen LogP contribution is 2.30. The molecule has 0 spiro atoms. The molecule has 1 saturated carbocycles. The summed E-state index contributed by atoms with van der Waals surface area (Å²) in [5, 5.41) is 4.99. The lowest BCUT2D eigenvalue weighted by Crippen LogP contribution is -2.54. The number of nitrogens with zero attached hydrogens (tertiary/aromatic N) is 1. The number of hydrogen-bond donors (Lipinski definition) is 1. The van der Waals surface area contributed by atoms with Crippen LogP contribution in [0.1, 0.15) is 36.0 Å². The van der Waals surface area contributed by atoms with Gasteiger partial charge in [-0.3, -0.25) is 19.3 Å². The molecule has 2 fully saturated rings. The molecule has 1 aliphatic carbocycles. The topological polar surface area (TPSA) is 66.5 Å². The summed E-state index contributed by atoms with van der Waals surface area (Å²) in [6.07, 6.45) is 3.49. The lowest BCUT2D eigenvalue weighted by Gasteiger charge is -2.36. The van der Waals surface area contributed by atoms with Gasteiger partial charge in [0.25, 0.3) is 11.1 Å². The number of carbonyl (C=O) groups excluding carboxylic acids is 3. The van der Waals surface area contributed by atoms with Crippen LogP contribution in [0.2, 0.25) is 0 Å². The molecular formula is C20H20N2O3S. The molecule has 2 aromatic carbocycles. The number of nitrogens with one attached hydrogen (secondary N) is 1. The van der Waals surface area contributed by atoms with Crippen LogP contribution in [0.4, 0.5) is 4.79 Å². The smallest absolute Gasteiger partial charge is 0.289 e. The predicted molar refractivity (Wildman–Crippen MR) is 102 cm³/mol. The molecule has 0 bridgehead atoms. The summed E-state index contributed by atoms with van der Waals surface area (Å²) in [5.74, 6) is -0.0861. The van der Waals surface area contributed by atoms with Crippen molar-refractivity contribution in [1.82, 2.24) is 10.2 Å². The Morgan fingerprint density at radius 3 is 2.58 bits per heavy atom. The van der Waals surface area contributed by atoms with Crippen LogP contribution in [0.25, 0.3) is 10.8 Å². The molecule has 0 aromatic heterocycles. The van der Waals surface area contributed by atoms with Gasteiger partial charge in [-0.1, -0.05) is 54.9 Å². The molecule has 2 aromatic rings. The van der Waals surface area contributed by atoms with E-state index in [2.05, 4.69) is 5.32 Å². The van der Waals surface area contributed by atoms with E-state index in [1.165, 1.54) is 4.90 Å². The van der Waals surface area contributed by atoms with Crippen LogP contribution < -0.4 is 5.32 Å². The number of benzene rings is 2. The summed E-state index contributed by atoms with van der Waals surface area (Å²) in [6, 6.07) is 13.1. The first-order valence-corrected chi connectivity index (χ1v) is 9.90. The van der Waals surface area contributed by atoms with Gasteiger partial charge in [0.2, 0.25) is 5.91 Å². The Labute approximate surface area is 156 Å². The molecule has 4 rings (SSSR count). The minimum absolute atomic E-state index is 0.142. The predicted octanol–water partition coefficient (Wildman–Crippen LogP) is 3.58. The van der Waals surface area contributed by atoms with Gasteiger partial charge in [0, 0.05) is 5.56 Å². The number of thioether (sulfide) groups is 1. The summed E-state index contributed by atoms with van der Waals surface area (Å²) >= 11 is 1.05. The lowest BCUT2D eigenvalue weighted by atomic mass is 9.89. The molecule has 0 radical (unpaired) electrons. The van der Waals surface area contributed by atoms with Crippen molar-refractivity contribution in [1.29, 1.82) is 0 Å². The summed E-state index contributed by atoms with van der Waals surface area (Å²) in [6.45, 7) is 0. The fourth-order valence-electron chi connectivity index (χ4n) is 3.86. The highest BCUT2D eigenvalue weighted by atomic mass is 32.2. The van der Waals surface area contributed by atoms with Crippen molar-refractivity contribution in [2.45, 2.75) is 37.8 Å². The van der Waals surface area contributed by atoms with Gasteiger partial charge >= 0.3 is 0 Å². The second-order valence-electron chi connectivity index (χ2n) is 6.81. The molecule has 1 aliphatic heterocycles. The average molecular weight is 368 g/mol. The average Bonchev–Trinajstić information content (AvgIpc) is 3.00. The van der Waals surface area contributed by atoms with Gasteiger partial charge < -0.3 is 5.32 Å². The zero-order chi connectivity index (χ0) is 18.1. The van der Waals surface area contributed by atoms with Crippen molar-refractivity contribution in [3.63, 3.8) is 0 Å². The number of hydrogen-bond acceptors (Lipinski definition) is 4. The van der Waals surface area contributed by atoms with Gasteiger partial charge in [-0.2, -0.15) is 0 Å². The monoisotopic (exact) mass is 368 g/mol. The second kappa shape index (κ2) is 7.11. The van der Waals surface area contributed by atoms with E-state index in [1.807, 2.05) is 42.5 Å². The van der Waals surface area contributed by atoms with Gasteiger partial charge in [-0.15, -0.1) is 0 Å². The van der Waals surface area contributed by atoms with E-state index < -0.39 is 0 Å². The zero-order valence-electron chi connectivity index (χ0n) is 14.3. The minimum atomic E-state index is -0.233. The summed E-state index contributed by atoms with van der Waals surface area (Å²) < 4.78 is 0. The maximum atomic E-state index is 12.8. The van der Waals surface area contributed by atoms with Crippen LogP contribution in [0.5, 0.6) is 0 Å². The first kappa shape index (κ1) is 17.1. The van der Waals surface area contributed by atoms with Gasteiger partial charge in [0.05, 0.1) is 17.8 Å². The quantitative estimate of drug-likeness (QED) is 0.899. The van der Waals surface area contributed by atoms with E-state index >= 15 is 0 Å². The molecule has 5 nitrogen and oxygen atoms in total. The summed E-state index contributed by atoms with van der Waals surface area (Å²) in [7, 11) is 0. The number of rotatable bonds is 3. The lowest BCUT2D eigenvalue weighted by molar-refractivity contribution is -0.127. The Bertz CT molecular complexity index is 866. The number of imide groups is 1. The van der Waals surface area contributed by atoms with Gasteiger partial charge in [-0.25, -0.2) is 0 Å². The summed E-state index contributed by atoms with van der Waals surface area (Å²) in [5.41, 5.74) is 0.599. The maximum Gasteiger partial charge on any atom is 0.289 e. The Morgan fingerprint density at radius 2 is 1.81 bits per heavy atom. The van der Waals surface area contributed by atoms with Crippen LogP contribution in [0.15, 0.2) is 42.5 Å². The van der Waals surface area contributed by atoms with Crippen molar-refractivity contribution in [3.8, 4) is 0 Å². The SMILES string of the molecule is O=C(NC1CCCCC1N1C(=O)CSC1=O)c1ccc2ccccc2c1. The molecule has 2 atom stereocenters. The van der Waals surface area contributed by atoms with E-state index in [0.29, 0.717) is 5.56 Å². The molecule has 1 N–H and O–H groups in total. The van der Waals surface area contributed by atoms with E-state index in [-0.39, 0.29) is 34.9 Å². The molecule has 1 saturated heterocycles. The van der Waals surface area contributed by atoms with Crippen molar-refractivity contribution < 1.29 is 14.4 Å². The van der Waals surface area contributed by atoms with E-state index in [0.717, 1.165) is 48.2 Å². The Hall–Kier alpha value is -2.34. The highest BCUT2D eigenvalue weighted by Gasteiger charge is 2.41. The first-order chi connectivity index (χ1) is 12.6. The third kappa shape index (κ3) is 3.21. The Balaban J connectivity index is 1.54. The number of amides is 3. The van der Waals surface area contributed by atoms with Crippen LogP contribution in [-0.2, 0) is 4.79 Å². The molecule has 134 valence electrons. The highest BCUT2D eigenvalue weighted by molar-refractivity contribution is 8.14. The van der Waals surface area contributed by atoms with Crippen LogP contribution in [0, 0.1) is 0 Å². The molecular weight excluding hydrogens is 348 g/mol. The second-order valence-corrected chi connectivity index (χ2v) is 7.74. The molecule has 6 heteroatoms. The van der Waals surface area contributed by atoms with Crippen molar-refractivity contribution >= 4 is 39.6 Å². The molecule has 1 heterocycles. The van der Waals surface area contributed by atoms with E-state index in [4.69, 9.17) is 0 Å². The van der Waals surface area contributed by atoms with Crippen LogP contribution in [-0.4, -0.2) is 39.8 Å². The standard InChI is InChI=1S/C20H20N2O3S/c23-18-12-26-20(25)22(18)17-8-4-3-7-16(17)21-19(24)15-10-9-13-5-1-2-6-14(13)11-15/h1-2,5-6,9-11,16-17H,3-4,7-8,12H2,(H,21,24). The number of carbonyl (C=O) groups is 3. The van der Waals surface area contributed by atoms with Crippen LogP contribution >= 0.6 is 11.8 Å². The molecule has 2 unspecified atom stereocenters. The fourth-order valence-corrected chi connectivity index (χ4v) is 4.62. The maximum absolute atomic E-state index is 12.8. The van der Waals surface area contributed by atoms with Crippen molar-refractivity contribution in [2.75, 3.05) is 5.75 Å².